The molecule has 1 aliphatic rings. The summed E-state index contributed by atoms with van der Waals surface area (Å²) in [4.78, 5) is 10.7. The molecule has 0 spiro atoms. The molecule has 0 aliphatic heterocycles. The van der Waals surface area contributed by atoms with Crippen molar-refractivity contribution >= 4 is 5.91 Å². The van der Waals surface area contributed by atoms with Crippen molar-refractivity contribution in [3.8, 4) is 0 Å². The summed E-state index contributed by atoms with van der Waals surface area (Å²) in [7, 11) is 0. The van der Waals surface area contributed by atoms with Crippen LogP contribution in [0, 0.1) is 5.41 Å². The third-order valence-electron chi connectivity index (χ3n) is 2.93. The van der Waals surface area contributed by atoms with Crippen LogP contribution in [0.3, 0.4) is 0 Å². The highest BCUT2D eigenvalue weighted by Gasteiger charge is 2.40. The molecule has 0 radical (unpaired) electrons. The van der Waals surface area contributed by atoms with E-state index < -0.39 is 12.1 Å². The lowest BCUT2D eigenvalue weighted by atomic mass is 9.75. The van der Waals surface area contributed by atoms with Gasteiger partial charge in [0.15, 0.2) is 0 Å². The lowest BCUT2D eigenvalue weighted by Gasteiger charge is -2.34. The van der Waals surface area contributed by atoms with E-state index in [2.05, 4.69) is 13.8 Å². The molecule has 1 amide bonds. The van der Waals surface area contributed by atoms with Gasteiger partial charge in [-0.05, 0) is 31.1 Å². The third-order valence-corrected chi connectivity index (χ3v) is 2.93. The Morgan fingerprint density at radius 2 is 1.73 bits per heavy atom. The normalized spacial score (nSPS) is 22.5. The first kappa shape index (κ1) is 12.3. The largest absolute Gasteiger partial charge is 0.471 e. The van der Waals surface area contributed by atoms with E-state index in [1.165, 1.54) is 0 Å². The van der Waals surface area contributed by atoms with Gasteiger partial charge in [0, 0.05) is 6.04 Å². The van der Waals surface area contributed by atoms with Crippen LogP contribution in [0.25, 0.3) is 0 Å². The summed E-state index contributed by atoms with van der Waals surface area (Å²) in [5, 5.41) is 2.03. The molecule has 2 nitrogen and oxygen atoms in total. The van der Waals surface area contributed by atoms with E-state index >= 15 is 0 Å². The minimum Gasteiger partial charge on any atom is -0.346 e. The van der Waals surface area contributed by atoms with Crippen LogP contribution in [0.15, 0.2) is 0 Å². The fraction of sp³-hybridized carbons (Fsp3) is 0.900. The standard InChI is InChI=1S/C10H16F3NO/c1-9(2)5-3-7(4-6-9)14-8(15)10(11,12)13/h7H,3-6H2,1-2H3,(H,14,15). The number of halogens is 3. The van der Waals surface area contributed by atoms with Gasteiger partial charge in [0.2, 0.25) is 0 Å². The zero-order valence-electron chi connectivity index (χ0n) is 8.95. The van der Waals surface area contributed by atoms with Crippen molar-refractivity contribution in [3.05, 3.63) is 0 Å². The highest BCUT2D eigenvalue weighted by atomic mass is 19.4. The molecular weight excluding hydrogens is 207 g/mol. The van der Waals surface area contributed by atoms with Crippen LogP contribution in [0.1, 0.15) is 39.5 Å². The van der Waals surface area contributed by atoms with Crippen LogP contribution >= 0.6 is 0 Å². The van der Waals surface area contributed by atoms with Gasteiger partial charge in [0.1, 0.15) is 0 Å². The van der Waals surface area contributed by atoms with Gasteiger partial charge in [-0.2, -0.15) is 13.2 Å². The van der Waals surface area contributed by atoms with Gasteiger partial charge in [-0.25, -0.2) is 0 Å². The molecule has 0 aromatic rings. The van der Waals surface area contributed by atoms with Gasteiger partial charge < -0.3 is 5.32 Å². The van der Waals surface area contributed by atoms with Crippen molar-refractivity contribution in [1.29, 1.82) is 0 Å². The first-order valence-corrected chi connectivity index (χ1v) is 5.08. The van der Waals surface area contributed by atoms with Crippen LogP contribution in [-0.2, 0) is 4.79 Å². The van der Waals surface area contributed by atoms with Crippen molar-refractivity contribution in [1.82, 2.24) is 5.32 Å². The van der Waals surface area contributed by atoms with Crippen molar-refractivity contribution in [3.63, 3.8) is 0 Å². The molecule has 88 valence electrons. The molecule has 0 atom stereocenters. The average Bonchev–Trinajstić information content (AvgIpc) is 2.07. The van der Waals surface area contributed by atoms with E-state index in [9.17, 15) is 18.0 Å². The second-order valence-electron chi connectivity index (χ2n) is 4.91. The topological polar surface area (TPSA) is 29.1 Å². The lowest BCUT2D eigenvalue weighted by molar-refractivity contribution is -0.174. The third kappa shape index (κ3) is 3.72. The predicted octanol–water partition coefficient (Wildman–Crippen LogP) is 2.63. The molecule has 0 aromatic heterocycles. The maximum atomic E-state index is 11.9. The first-order valence-electron chi connectivity index (χ1n) is 5.08. The molecule has 0 bridgehead atoms. The molecule has 0 saturated heterocycles. The molecule has 1 fully saturated rings. The number of rotatable bonds is 1. The molecule has 0 aromatic carbocycles. The Hall–Kier alpha value is -0.740. The molecule has 1 aliphatic carbocycles. The predicted molar refractivity (Wildman–Crippen MR) is 50.2 cm³/mol. The highest BCUT2D eigenvalue weighted by Crippen LogP contribution is 2.35. The maximum Gasteiger partial charge on any atom is 0.471 e. The van der Waals surface area contributed by atoms with Crippen LogP contribution in [0.2, 0.25) is 0 Å². The van der Waals surface area contributed by atoms with Crippen molar-refractivity contribution in [2.24, 2.45) is 5.41 Å². The molecular formula is C10H16F3NO. The van der Waals surface area contributed by atoms with Gasteiger partial charge in [-0.15, -0.1) is 0 Å². The molecule has 5 heteroatoms. The van der Waals surface area contributed by atoms with E-state index in [1.54, 1.807) is 0 Å². The van der Waals surface area contributed by atoms with Gasteiger partial charge in [-0.1, -0.05) is 13.8 Å². The van der Waals surface area contributed by atoms with Crippen LogP contribution in [-0.4, -0.2) is 18.1 Å². The summed E-state index contributed by atoms with van der Waals surface area (Å²) < 4.78 is 35.8. The van der Waals surface area contributed by atoms with Crippen molar-refractivity contribution < 1.29 is 18.0 Å². The number of hydrogen-bond acceptors (Lipinski definition) is 1. The van der Waals surface area contributed by atoms with Crippen molar-refractivity contribution in [2.75, 3.05) is 0 Å². The Balaban J connectivity index is 2.40. The fourth-order valence-corrected chi connectivity index (χ4v) is 1.81. The Kier molecular flexibility index (Phi) is 3.31. The van der Waals surface area contributed by atoms with E-state index in [0.29, 0.717) is 12.8 Å². The van der Waals surface area contributed by atoms with Gasteiger partial charge >= 0.3 is 12.1 Å². The monoisotopic (exact) mass is 223 g/mol. The quantitative estimate of drug-likeness (QED) is 0.727. The number of nitrogens with one attached hydrogen (secondary N) is 1. The summed E-state index contributed by atoms with van der Waals surface area (Å²) >= 11 is 0. The minimum atomic E-state index is -4.76. The van der Waals surface area contributed by atoms with E-state index in [0.717, 1.165) is 12.8 Å². The smallest absolute Gasteiger partial charge is 0.346 e. The van der Waals surface area contributed by atoms with Crippen LogP contribution in [0.4, 0.5) is 13.2 Å². The van der Waals surface area contributed by atoms with Gasteiger partial charge in [0.25, 0.3) is 0 Å². The second-order valence-corrected chi connectivity index (χ2v) is 4.91. The van der Waals surface area contributed by atoms with Gasteiger partial charge in [0.05, 0.1) is 0 Å². The van der Waals surface area contributed by atoms with E-state index in [4.69, 9.17) is 0 Å². The maximum absolute atomic E-state index is 11.9. The Morgan fingerprint density at radius 3 is 2.13 bits per heavy atom. The fourth-order valence-electron chi connectivity index (χ4n) is 1.81. The zero-order chi connectivity index (χ0) is 11.7. The summed E-state index contributed by atoms with van der Waals surface area (Å²) in [6, 6.07) is -0.313. The SMILES string of the molecule is CC1(C)CCC(NC(=O)C(F)(F)F)CC1. The molecule has 0 unspecified atom stereocenters. The molecule has 0 heterocycles. The number of hydrogen-bond donors (Lipinski definition) is 1. The number of carbonyl (C=O) groups excluding carboxylic acids is 1. The summed E-state index contributed by atoms with van der Waals surface area (Å²) in [6.07, 6.45) is -1.78. The molecule has 1 saturated carbocycles. The summed E-state index contributed by atoms with van der Waals surface area (Å²) in [5.74, 6) is -1.81. The van der Waals surface area contributed by atoms with E-state index in [-0.39, 0.29) is 11.5 Å². The van der Waals surface area contributed by atoms with E-state index in [1.807, 2.05) is 5.32 Å². The number of amides is 1. The Bertz CT molecular complexity index is 238. The Labute approximate surface area is 87.2 Å². The summed E-state index contributed by atoms with van der Waals surface area (Å²) in [5.41, 5.74) is 0.194. The van der Waals surface area contributed by atoms with Crippen molar-refractivity contribution in [2.45, 2.75) is 51.7 Å². The van der Waals surface area contributed by atoms with Crippen LogP contribution in [0.5, 0.6) is 0 Å². The molecule has 1 N–H and O–H groups in total. The number of alkyl halides is 3. The number of carbonyl (C=O) groups is 1. The molecule has 15 heavy (non-hydrogen) atoms. The van der Waals surface area contributed by atoms with Crippen LogP contribution < -0.4 is 5.32 Å². The summed E-state index contributed by atoms with van der Waals surface area (Å²) in [6.45, 7) is 4.18. The highest BCUT2D eigenvalue weighted by molar-refractivity contribution is 5.81. The minimum absolute atomic E-state index is 0.194. The zero-order valence-corrected chi connectivity index (χ0v) is 8.95. The average molecular weight is 223 g/mol. The molecule has 1 rings (SSSR count). The second kappa shape index (κ2) is 4.02. The first-order chi connectivity index (χ1) is 6.71. The lowest BCUT2D eigenvalue weighted by Crippen LogP contribution is -2.45. The van der Waals surface area contributed by atoms with Gasteiger partial charge in [-0.3, -0.25) is 4.79 Å². The Morgan fingerprint density at radius 1 is 1.27 bits per heavy atom.